The molecule has 140 valence electrons. The molecule has 0 fully saturated rings. The topological polar surface area (TPSA) is 61.0 Å². The van der Waals surface area contributed by atoms with Crippen LogP contribution in [-0.2, 0) is 0 Å². The second-order valence-electron chi connectivity index (χ2n) is 5.55. The largest absolute Gasteiger partial charge is 0.497 e. The third-order valence-corrected chi connectivity index (χ3v) is 3.81. The van der Waals surface area contributed by atoms with Gasteiger partial charge in [-0.25, -0.2) is 0 Å². The Bertz CT molecular complexity index is 722. The van der Waals surface area contributed by atoms with Crippen molar-refractivity contribution in [2.75, 3.05) is 33.3 Å². The minimum Gasteiger partial charge on any atom is -0.497 e. The number of hydrogen-bond donors (Lipinski definition) is 2. The molecular formula is C19H24N2O4S. The Hall–Kier alpha value is -2.67. The van der Waals surface area contributed by atoms with Crippen molar-refractivity contribution in [3.05, 3.63) is 42.5 Å². The summed E-state index contributed by atoms with van der Waals surface area (Å²) >= 11 is 5.36. The fourth-order valence-corrected chi connectivity index (χ4v) is 2.53. The van der Waals surface area contributed by atoms with Gasteiger partial charge in [-0.1, -0.05) is 0 Å². The van der Waals surface area contributed by atoms with Crippen LogP contribution in [0.3, 0.4) is 0 Å². The van der Waals surface area contributed by atoms with E-state index in [1.807, 2.05) is 43.3 Å². The van der Waals surface area contributed by atoms with E-state index in [2.05, 4.69) is 10.6 Å². The van der Waals surface area contributed by atoms with Crippen molar-refractivity contribution >= 4 is 23.0 Å². The molecule has 2 aromatic rings. The summed E-state index contributed by atoms with van der Waals surface area (Å²) in [7, 11) is 4.84. The molecule has 26 heavy (non-hydrogen) atoms. The van der Waals surface area contributed by atoms with Crippen LogP contribution in [0.25, 0.3) is 0 Å². The Morgan fingerprint density at radius 1 is 0.923 bits per heavy atom. The number of anilines is 1. The number of nitrogens with one attached hydrogen (secondary N) is 2. The molecule has 0 radical (unpaired) electrons. The van der Waals surface area contributed by atoms with Gasteiger partial charge in [-0.15, -0.1) is 0 Å². The molecule has 0 saturated heterocycles. The molecular weight excluding hydrogens is 352 g/mol. The van der Waals surface area contributed by atoms with Crippen molar-refractivity contribution in [3.63, 3.8) is 0 Å². The summed E-state index contributed by atoms with van der Waals surface area (Å²) in [6.07, 6.45) is 0. The number of hydrogen-bond acceptors (Lipinski definition) is 5. The summed E-state index contributed by atoms with van der Waals surface area (Å²) in [6.45, 7) is 2.46. The van der Waals surface area contributed by atoms with E-state index in [4.69, 9.17) is 31.2 Å². The summed E-state index contributed by atoms with van der Waals surface area (Å²) in [6, 6.07) is 12.9. The van der Waals surface area contributed by atoms with Crippen molar-refractivity contribution in [2.45, 2.75) is 13.0 Å². The summed E-state index contributed by atoms with van der Waals surface area (Å²) in [5.74, 6) is 2.93. The molecule has 0 bridgehead atoms. The van der Waals surface area contributed by atoms with Crippen molar-refractivity contribution < 1.29 is 18.9 Å². The maximum Gasteiger partial charge on any atom is 0.171 e. The van der Waals surface area contributed by atoms with Gasteiger partial charge >= 0.3 is 0 Å². The Kier molecular flexibility index (Phi) is 7.35. The Balaban J connectivity index is 1.84. The molecule has 0 aliphatic heterocycles. The molecule has 1 atom stereocenters. The van der Waals surface area contributed by atoms with Gasteiger partial charge in [0.05, 0.1) is 33.1 Å². The Morgan fingerprint density at radius 3 is 2.15 bits per heavy atom. The van der Waals surface area contributed by atoms with Crippen LogP contribution in [0.1, 0.15) is 6.92 Å². The second kappa shape index (κ2) is 9.72. The first-order valence-corrected chi connectivity index (χ1v) is 8.53. The van der Waals surface area contributed by atoms with Crippen molar-refractivity contribution in [2.24, 2.45) is 0 Å². The average molecular weight is 376 g/mol. The predicted molar refractivity (Wildman–Crippen MR) is 107 cm³/mol. The first-order valence-electron chi connectivity index (χ1n) is 8.12. The average Bonchev–Trinajstić information content (AvgIpc) is 2.67. The van der Waals surface area contributed by atoms with Gasteiger partial charge in [0, 0.05) is 6.07 Å². The van der Waals surface area contributed by atoms with E-state index in [1.54, 1.807) is 27.4 Å². The maximum atomic E-state index is 5.75. The molecule has 0 aliphatic carbocycles. The van der Waals surface area contributed by atoms with Crippen molar-refractivity contribution in [1.29, 1.82) is 0 Å². The lowest BCUT2D eigenvalue weighted by atomic mass is 10.2. The zero-order chi connectivity index (χ0) is 18.9. The van der Waals surface area contributed by atoms with Gasteiger partial charge in [0.25, 0.3) is 0 Å². The number of rotatable bonds is 8. The SMILES string of the molecule is COc1ccc(OC[C@H](C)NC(=S)Nc2ccc(OC)cc2OC)cc1. The van der Waals surface area contributed by atoms with Gasteiger partial charge in [-0.3, -0.25) is 0 Å². The molecule has 2 aromatic carbocycles. The second-order valence-corrected chi connectivity index (χ2v) is 5.96. The molecule has 6 nitrogen and oxygen atoms in total. The van der Waals surface area contributed by atoms with E-state index in [9.17, 15) is 0 Å². The highest BCUT2D eigenvalue weighted by Gasteiger charge is 2.09. The third-order valence-electron chi connectivity index (χ3n) is 3.59. The molecule has 0 saturated carbocycles. The first-order chi connectivity index (χ1) is 12.5. The fourth-order valence-electron chi connectivity index (χ4n) is 2.22. The molecule has 0 heterocycles. The quantitative estimate of drug-likeness (QED) is 0.684. The molecule has 0 amide bonds. The molecule has 0 unspecified atom stereocenters. The molecule has 7 heteroatoms. The predicted octanol–water partition coefficient (Wildman–Crippen LogP) is 3.47. The highest BCUT2D eigenvalue weighted by atomic mass is 32.1. The van der Waals surface area contributed by atoms with Gasteiger partial charge in [0.1, 0.15) is 29.6 Å². The lowest BCUT2D eigenvalue weighted by molar-refractivity contribution is 0.286. The van der Waals surface area contributed by atoms with Crippen LogP contribution in [0.5, 0.6) is 23.0 Å². The monoisotopic (exact) mass is 376 g/mol. The van der Waals surface area contributed by atoms with E-state index >= 15 is 0 Å². The van der Waals surface area contributed by atoms with Crippen LogP contribution in [0, 0.1) is 0 Å². The van der Waals surface area contributed by atoms with Gasteiger partial charge in [0.15, 0.2) is 5.11 Å². The maximum absolute atomic E-state index is 5.75. The molecule has 0 spiro atoms. The first kappa shape index (κ1) is 19.7. The lowest BCUT2D eigenvalue weighted by Gasteiger charge is -2.19. The van der Waals surface area contributed by atoms with E-state index in [0.717, 1.165) is 17.2 Å². The van der Waals surface area contributed by atoms with Crippen LogP contribution in [0.15, 0.2) is 42.5 Å². The van der Waals surface area contributed by atoms with Gasteiger partial charge in [-0.05, 0) is 55.5 Å². The number of thiocarbonyl (C=S) groups is 1. The standard InChI is InChI=1S/C19H24N2O4S/c1-13(12-25-15-7-5-14(22-2)6-8-15)20-19(26)21-17-10-9-16(23-3)11-18(17)24-4/h5-11,13H,12H2,1-4H3,(H2,20,21,26)/t13-/m0/s1. The van der Waals surface area contributed by atoms with E-state index in [-0.39, 0.29) is 6.04 Å². The molecule has 2 rings (SSSR count). The van der Waals surface area contributed by atoms with Crippen molar-refractivity contribution in [1.82, 2.24) is 5.32 Å². The summed E-state index contributed by atoms with van der Waals surface area (Å²) in [5.41, 5.74) is 0.758. The van der Waals surface area contributed by atoms with Crippen LogP contribution in [-0.4, -0.2) is 39.1 Å². The van der Waals surface area contributed by atoms with E-state index < -0.39 is 0 Å². The molecule has 2 N–H and O–H groups in total. The fraction of sp³-hybridized carbons (Fsp3) is 0.316. The lowest BCUT2D eigenvalue weighted by Crippen LogP contribution is -2.39. The van der Waals surface area contributed by atoms with Crippen LogP contribution < -0.4 is 29.6 Å². The summed E-state index contributed by atoms with van der Waals surface area (Å²) < 4.78 is 21.4. The molecule has 0 aromatic heterocycles. The number of ether oxygens (including phenoxy) is 4. The summed E-state index contributed by atoms with van der Waals surface area (Å²) in [4.78, 5) is 0. The van der Waals surface area contributed by atoms with Gasteiger partial charge in [-0.2, -0.15) is 0 Å². The van der Waals surface area contributed by atoms with Crippen LogP contribution >= 0.6 is 12.2 Å². The normalized spacial score (nSPS) is 11.2. The van der Waals surface area contributed by atoms with Crippen LogP contribution in [0.4, 0.5) is 5.69 Å². The minimum atomic E-state index is 0.0151. The number of methoxy groups -OCH3 is 3. The van der Waals surface area contributed by atoms with Crippen LogP contribution in [0.2, 0.25) is 0 Å². The molecule has 0 aliphatic rings. The third kappa shape index (κ3) is 5.70. The van der Waals surface area contributed by atoms with Gasteiger partial charge < -0.3 is 29.6 Å². The van der Waals surface area contributed by atoms with E-state index in [0.29, 0.717) is 23.2 Å². The van der Waals surface area contributed by atoms with Gasteiger partial charge in [0.2, 0.25) is 0 Å². The highest BCUT2D eigenvalue weighted by Crippen LogP contribution is 2.28. The smallest absolute Gasteiger partial charge is 0.171 e. The highest BCUT2D eigenvalue weighted by molar-refractivity contribution is 7.80. The Labute approximate surface area is 159 Å². The van der Waals surface area contributed by atoms with Crippen molar-refractivity contribution in [3.8, 4) is 23.0 Å². The zero-order valence-electron chi connectivity index (χ0n) is 15.4. The van der Waals surface area contributed by atoms with E-state index in [1.165, 1.54) is 0 Å². The zero-order valence-corrected chi connectivity index (χ0v) is 16.2. The summed E-state index contributed by atoms with van der Waals surface area (Å²) in [5, 5.41) is 6.79. The number of benzene rings is 2. The Morgan fingerprint density at radius 2 is 1.54 bits per heavy atom. The minimum absolute atomic E-state index is 0.0151.